The Morgan fingerprint density at radius 2 is 1.95 bits per heavy atom. The minimum atomic E-state index is 0. The van der Waals surface area contributed by atoms with Gasteiger partial charge in [0, 0.05) is 5.39 Å². The minimum Gasteiger partial charge on any atom is -0.317 e. The Kier molecular flexibility index (Phi) is 5.86. The first-order valence-electron chi connectivity index (χ1n) is 7.50. The van der Waals surface area contributed by atoms with E-state index in [9.17, 15) is 0 Å². The number of fused-ring (bicyclic) bond motifs is 1. The van der Waals surface area contributed by atoms with Gasteiger partial charge in [-0.25, -0.2) is 0 Å². The van der Waals surface area contributed by atoms with Gasteiger partial charge in [-0.1, -0.05) is 29.8 Å². The van der Waals surface area contributed by atoms with Gasteiger partial charge in [0.2, 0.25) is 0 Å². The van der Waals surface area contributed by atoms with Crippen molar-refractivity contribution in [1.82, 2.24) is 10.3 Å². The Labute approximate surface area is 137 Å². The summed E-state index contributed by atoms with van der Waals surface area (Å²) in [5.74, 6) is 0.833. The molecule has 2 aromatic rings. The number of piperidine rings is 1. The molecule has 0 spiro atoms. The van der Waals surface area contributed by atoms with E-state index in [4.69, 9.17) is 11.6 Å². The average molecular weight is 325 g/mol. The summed E-state index contributed by atoms with van der Waals surface area (Å²) in [4.78, 5) is 4.59. The molecule has 21 heavy (non-hydrogen) atoms. The van der Waals surface area contributed by atoms with Crippen LogP contribution in [0, 0.1) is 12.8 Å². The predicted octanol–water partition coefficient (Wildman–Crippen LogP) is 4.55. The van der Waals surface area contributed by atoms with E-state index in [1.54, 1.807) is 0 Å². The van der Waals surface area contributed by atoms with E-state index >= 15 is 0 Å². The smallest absolute Gasteiger partial charge is 0.0709 e. The molecule has 1 aromatic heterocycles. The normalized spacial score (nSPS) is 15.9. The quantitative estimate of drug-likeness (QED) is 0.895. The summed E-state index contributed by atoms with van der Waals surface area (Å²) in [6.45, 7) is 4.33. The molecule has 0 saturated carbocycles. The number of hydrogen-bond acceptors (Lipinski definition) is 2. The highest BCUT2D eigenvalue weighted by Crippen LogP contribution is 2.30. The monoisotopic (exact) mass is 324 g/mol. The van der Waals surface area contributed by atoms with Crippen LogP contribution < -0.4 is 5.32 Å². The zero-order chi connectivity index (χ0) is 13.9. The van der Waals surface area contributed by atoms with E-state index < -0.39 is 0 Å². The molecule has 0 atom stereocenters. The van der Waals surface area contributed by atoms with Gasteiger partial charge in [-0.3, -0.25) is 4.98 Å². The van der Waals surface area contributed by atoms with E-state index in [1.807, 2.05) is 13.0 Å². The lowest BCUT2D eigenvalue weighted by atomic mass is 9.90. The molecular weight excluding hydrogens is 303 g/mol. The molecule has 0 unspecified atom stereocenters. The molecule has 1 aliphatic rings. The fourth-order valence-electron chi connectivity index (χ4n) is 3.16. The second-order valence-corrected chi connectivity index (χ2v) is 6.12. The maximum Gasteiger partial charge on any atom is 0.0709 e. The third-order valence-electron chi connectivity index (χ3n) is 4.36. The van der Waals surface area contributed by atoms with Crippen LogP contribution in [0.2, 0.25) is 5.02 Å². The molecule has 3 rings (SSSR count). The van der Waals surface area contributed by atoms with E-state index in [1.165, 1.54) is 30.2 Å². The largest absolute Gasteiger partial charge is 0.317 e. The molecule has 0 bridgehead atoms. The number of rotatable bonds is 3. The van der Waals surface area contributed by atoms with Crippen LogP contribution in [0.4, 0.5) is 0 Å². The summed E-state index contributed by atoms with van der Waals surface area (Å²) in [5, 5.41) is 5.51. The summed E-state index contributed by atoms with van der Waals surface area (Å²) in [6.07, 6.45) is 4.88. The van der Waals surface area contributed by atoms with Gasteiger partial charge in [0.1, 0.15) is 0 Å². The van der Waals surface area contributed by atoms with E-state index in [-0.39, 0.29) is 12.4 Å². The fraction of sp³-hybridized carbons (Fsp3) is 0.471. The molecule has 1 fully saturated rings. The Morgan fingerprint density at radius 1 is 1.24 bits per heavy atom. The molecule has 1 N–H and O–H groups in total. The number of hydrogen-bond donors (Lipinski definition) is 1. The Bertz CT molecular complexity index is 607. The SMILES string of the molecule is Cc1nc2ccccc2c(CCC2CCNCC2)c1Cl.Cl. The molecular formula is C17H22Cl2N2. The van der Waals surface area contributed by atoms with Crippen molar-refractivity contribution in [3.05, 3.63) is 40.5 Å². The zero-order valence-electron chi connectivity index (χ0n) is 12.4. The van der Waals surface area contributed by atoms with Gasteiger partial charge >= 0.3 is 0 Å². The summed E-state index contributed by atoms with van der Waals surface area (Å²) >= 11 is 6.52. The lowest BCUT2D eigenvalue weighted by Gasteiger charge is -2.23. The van der Waals surface area contributed by atoms with Gasteiger partial charge in [-0.15, -0.1) is 12.4 Å². The summed E-state index contributed by atoms with van der Waals surface area (Å²) in [7, 11) is 0. The third kappa shape index (κ3) is 3.68. The van der Waals surface area contributed by atoms with Crippen LogP contribution in [0.5, 0.6) is 0 Å². The number of halogens is 2. The molecule has 1 aliphatic heterocycles. The molecule has 0 amide bonds. The van der Waals surface area contributed by atoms with Crippen LogP contribution in [0.3, 0.4) is 0 Å². The van der Waals surface area contributed by atoms with Crippen LogP contribution in [0.15, 0.2) is 24.3 Å². The Morgan fingerprint density at radius 3 is 2.71 bits per heavy atom. The summed E-state index contributed by atoms with van der Waals surface area (Å²) < 4.78 is 0. The highest BCUT2D eigenvalue weighted by Gasteiger charge is 2.16. The average Bonchev–Trinajstić information content (AvgIpc) is 2.49. The van der Waals surface area contributed by atoms with Crippen LogP contribution in [-0.4, -0.2) is 18.1 Å². The topological polar surface area (TPSA) is 24.9 Å². The predicted molar refractivity (Wildman–Crippen MR) is 92.7 cm³/mol. The van der Waals surface area contributed by atoms with Gasteiger partial charge in [-0.2, -0.15) is 0 Å². The van der Waals surface area contributed by atoms with Crippen LogP contribution >= 0.6 is 24.0 Å². The number of nitrogens with one attached hydrogen (secondary N) is 1. The molecule has 2 nitrogen and oxygen atoms in total. The van der Waals surface area contributed by atoms with E-state index in [2.05, 4.69) is 28.5 Å². The number of benzene rings is 1. The van der Waals surface area contributed by atoms with Crippen molar-refractivity contribution in [1.29, 1.82) is 0 Å². The molecule has 0 aliphatic carbocycles. The Hall–Kier alpha value is -0.830. The number of pyridine rings is 1. The van der Waals surface area contributed by atoms with Gasteiger partial charge in [0.05, 0.1) is 16.2 Å². The molecule has 4 heteroatoms. The first-order valence-corrected chi connectivity index (χ1v) is 7.88. The van der Waals surface area contributed by atoms with Crippen molar-refractivity contribution in [2.45, 2.75) is 32.6 Å². The summed E-state index contributed by atoms with van der Waals surface area (Å²) in [5.41, 5.74) is 3.30. The fourth-order valence-corrected chi connectivity index (χ4v) is 3.39. The number of nitrogens with zero attached hydrogens (tertiary/aromatic N) is 1. The van der Waals surface area contributed by atoms with E-state index in [0.717, 1.165) is 41.7 Å². The van der Waals surface area contributed by atoms with Crippen molar-refractivity contribution < 1.29 is 0 Å². The first-order chi connectivity index (χ1) is 9.75. The van der Waals surface area contributed by atoms with Crippen LogP contribution in [0.25, 0.3) is 10.9 Å². The minimum absolute atomic E-state index is 0. The van der Waals surface area contributed by atoms with E-state index in [0.29, 0.717) is 0 Å². The highest BCUT2D eigenvalue weighted by molar-refractivity contribution is 6.32. The summed E-state index contributed by atoms with van der Waals surface area (Å²) in [6, 6.07) is 8.33. The van der Waals surface area contributed by atoms with Crippen LogP contribution in [0.1, 0.15) is 30.5 Å². The maximum absolute atomic E-state index is 6.52. The molecule has 0 radical (unpaired) electrons. The first kappa shape index (κ1) is 16.5. The highest BCUT2D eigenvalue weighted by atomic mass is 35.5. The van der Waals surface area contributed by atoms with Crippen molar-refractivity contribution in [3.63, 3.8) is 0 Å². The number of aryl methyl sites for hydroxylation is 2. The number of para-hydroxylation sites is 1. The van der Waals surface area contributed by atoms with Crippen molar-refractivity contribution >= 4 is 34.9 Å². The van der Waals surface area contributed by atoms with Crippen molar-refractivity contribution in [2.75, 3.05) is 13.1 Å². The molecule has 114 valence electrons. The maximum atomic E-state index is 6.52. The molecule has 1 aromatic carbocycles. The second kappa shape index (κ2) is 7.44. The van der Waals surface area contributed by atoms with Crippen molar-refractivity contribution in [3.8, 4) is 0 Å². The van der Waals surface area contributed by atoms with Gasteiger partial charge < -0.3 is 5.32 Å². The third-order valence-corrected chi connectivity index (χ3v) is 4.86. The lowest BCUT2D eigenvalue weighted by Crippen LogP contribution is -2.27. The van der Waals surface area contributed by atoms with Gasteiger partial charge in [0.15, 0.2) is 0 Å². The van der Waals surface area contributed by atoms with Crippen molar-refractivity contribution in [2.24, 2.45) is 5.92 Å². The molecule has 1 saturated heterocycles. The standard InChI is InChI=1S/C17H21ClN2.ClH/c1-12-17(18)15(7-6-13-8-10-19-11-9-13)14-4-2-3-5-16(14)20-12;/h2-5,13,19H,6-11H2,1H3;1H. The zero-order valence-corrected chi connectivity index (χ0v) is 13.9. The molecule has 2 heterocycles. The Balaban J connectivity index is 0.00000161. The van der Waals surface area contributed by atoms with Gasteiger partial charge in [-0.05, 0) is 63.2 Å². The van der Waals surface area contributed by atoms with Gasteiger partial charge in [0.25, 0.3) is 0 Å². The lowest BCUT2D eigenvalue weighted by molar-refractivity contribution is 0.354. The number of aromatic nitrogens is 1. The van der Waals surface area contributed by atoms with Crippen LogP contribution in [-0.2, 0) is 6.42 Å². The second-order valence-electron chi connectivity index (χ2n) is 5.74.